The van der Waals surface area contributed by atoms with Crippen molar-refractivity contribution in [2.45, 2.75) is 0 Å². The summed E-state index contributed by atoms with van der Waals surface area (Å²) < 4.78 is 13.3. The molecule has 0 aliphatic heterocycles. The number of hydrogen-bond acceptors (Lipinski definition) is 2. The van der Waals surface area contributed by atoms with Crippen molar-refractivity contribution in [3.63, 3.8) is 0 Å². The molecule has 0 aliphatic rings. The van der Waals surface area contributed by atoms with Gasteiger partial charge in [0.1, 0.15) is 22.3 Å². The van der Waals surface area contributed by atoms with Gasteiger partial charge in [0.2, 0.25) is 0 Å². The molecule has 0 atom stereocenters. The number of para-hydroxylation sites is 1. The molecule has 0 fully saturated rings. The third-order valence-electron chi connectivity index (χ3n) is 10.0. The van der Waals surface area contributed by atoms with Crippen LogP contribution in [0, 0.1) is 0 Å². The molecule has 9 aromatic carbocycles. The Morgan fingerprint density at radius 1 is 0.304 bits per heavy atom. The minimum atomic E-state index is 0.879. The fraction of sp³-hybridized carbons (Fsp3) is 0. The largest absolute Gasteiger partial charge is 0.456 e. The van der Waals surface area contributed by atoms with Gasteiger partial charge in [-0.1, -0.05) is 115 Å². The smallest absolute Gasteiger partial charge is 0.143 e. The summed E-state index contributed by atoms with van der Waals surface area (Å²) in [6, 6.07) is 52.4. The van der Waals surface area contributed by atoms with Gasteiger partial charge in [0.15, 0.2) is 0 Å². The van der Waals surface area contributed by atoms with Crippen molar-refractivity contribution in [3.8, 4) is 22.3 Å². The van der Waals surface area contributed by atoms with Gasteiger partial charge in [-0.05, 0) is 84.7 Å². The summed E-state index contributed by atoms with van der Waals surface area (Å²) in [5, 5.41) is 14.5. The van der Waals surface area contributed by atoms with Crippen LogP contribution in [-0.4, -0.2) is 0 Å². The highest BCUT2D eigenvalue weighted by Crippen LogP contribution is 2.47. The van der Waals surface area contributed by atoms with Gasteiger partial charge < -0.3 is 8.83 Å². The molecule has 0 saturated heterocycles. The number of furan rings is 2. The van der Waals surface area contributed by atoms with E-state index in [2.05, 4.69) is 133 Å². The average molecular weight is 585 g/mol. The summed E-state index contributed by atoms with van der Waals surface area (Å²) in [7, 11) is 0. The van der Waals surface area contributed by atoms with Gasteiger partial charge in [0, 0.05) is 32.5 Å². The van der Waals surface area contributed by atoms with Crippen molar-refractivity contribution in [2.75, 3.05) is 0 Å². The predicted octanol–water partition coefficient (Wildman–Crippen LogP) is 12.9. The summed E-state index contributed by atoms with van der Waals surface area (Å²) in [4.78, 5) is 0. The highest BCUT2D eigenvalue weighted by atomic mass is 16.3. The van der Waals surface area contributed by atoms with E-state index in [-0.39, 0.29) is 0 Å². The monoisotopic (exact) mass is 584 g/mol. The lowest BCUT2D eigenvalue weighted by Gasteiger charge is -2.15. The molecule has 11 aromatic rings. The zero-order valence-electron chi connectivity index (χ0n) is 24.7. The summed E-state index contributed by atoms with van der Waals surface area (Å²) in [5.41, 5.74) is 8.11. The maximum atomic E-state index is 6.98. The van der Waals surface area contributed by atoms with Crippen LogP contribution in [0.4, 0.5) is 0 Å². The fourth-order valence-electron chi connectivity index (χ4n) is 7.92. The number of fused-ring (bicyclic) bond motifs is 8. The molecule has 2 heterocycles. The molecule has 0 unspecified atom stereocenters. The van der Waals surface area contributed by atoms with Crippen LogP contribution < -0.4 is 0 Å². The fourth-order valence-corrected chi connectivity index (χ4v) is 7.92. The molecule has 2 heteroatoms. The summed E-state index contributed by atoms with van der Waals surface area (Å²) >= 11 is 0. The minimum absolute atomic E-state index is 0.879. The van der Waals surface area contributed by atoms with Gasteiger partial charge in [-0.15, -0.1) is 0 Å². The first-order valence-electron chi connectivity index (χ1n) is 15.8. The van der Waals surface area contributed by atoms with Gasteiger partial charge in [-0.25, -0.2) is 0 Å². The second-order valence-electron chi connectivity index (χ2n) is 12.4. The molecule has 0 amide bonds. The summed E-state index contributed by atoms with van der Waals surface area (Å²) in [6.45, 7) is 0. The van der Waals surface area contributed by atoms with E-state index >= 15 is 0 Å². The van der Waals surface area contributed by atoms with Gasteiger partial charge >= 0.3 is 0 Å². The van der Waals surface area contributed by atoms with Crippen LogP contribution in [0.3, 0.4) is 0 Å². The van der Waals surface area contributed by atoms with Gasteiger partial charge in [0.05, 0.1) is 0 Å². The molecule has 0 N–H and O–H groups in total. The summed E-state index contributed by atoms with van der Waals surface area (Å²) in [6.07, 6.45) is 0. The quantitative estimate of drug-likeness (QED) is 0.189. The Kier molecular flexibility index (Phi) is 4.61. The molecule has 2 nitrogen and oxygen atoms in total. The molecular weight excluding hydrogens is 560 g/mol. The van der Waals surface area contributed by atoms with Crippen LogP contribution in [-0.2, 0) is 0 Å². The van der Waals surface area contributed by atoms with E-state index in [1.165, 1.54) is 48.8 Å². The van der Waals surface area contributed by atoms with Crippen LogP contribution in [0.25, 0.3) is 109 Å². The Balaban J connectivity index is 1.25. The molecule has 0 saturated carbocycles. The molecule has 212 valence electrons. The first kappa shape index (κ1) is 24.2. The number of rotatable bonds is 2. The first-order valence-corrected chi connectivity index (χ1v) is 15.8. The normalized spacial score (nSPS) is 12.3. The van der Waals surface area contributed by atoms with Crippen LogP contribution >= 0.6 is 0 Å². The van der Waals surface area contributed by atoms with Gasteiger partial charge in [-0.2, -0.15) is 0 Å². The molecule has 0 radical (unpaired) electrons. The van der Waals surface area contributed by atoms with Crippen LogP contribution in [0.5, 0.6) is 0 Å². The van der Waals surface area contributed by atoms with Crippen molar-refractivity contribution in [3.05, 3.63) is 146 Å². The average Bonchev–Trinajstić information content (AvgIpc) is 3.69. The first-order chi connectivity index (χ1) is 22.8. The lowest BCUT2D eigenvalue weighted by atomic mass is 9.87. The third kappa shape index (κ3) is 3.15. The van der Waals surface area contributed by atoms with Crippen LogP contribution in [0.1, 0.15) is 0 Å². The van der Waals surface area contributed by atoms with E-state index in [0.717, 1.165) is 60.4 Å². The molecule has 0 aliphatic carbocycles. The highest BCUT2D eigenvalue weighted by molar-refractivity contribution is 6.28. The Morgan fingerprint density at radius 3 is 1.85 bits per heavy atom. The van der Waals surface area contributed by atoms with E-state index in [9.17, 15) is 0 Å². The van der Waals surface area contributed by atoms with E-state index < -0.39 is 0 Å². The van der Waals surface area contributed by atoms with E-state index in [1.54, 1.807) is 0 Å². The van der Waals surface area contributed by atoms with Crippen molar-refractivity contribution in [2.24, 2.45) is 0 Å². The van der Waals surface area contributed by atoms with Crippen molar-refractivity contribution >= 4 is 87.0 Å². The Labute approximate surface area is 263 Å². The van der Waals surface area contributed by atoms with Crippen LogP contribution in [0.15, 0.2) is 154 Å². The lowest BCUT2D eigenvalue weighted by Crippen LogP contribution is -1.89. The van der Waals surface area contributed by atoms with Gasteiger partial charge in [0.25, 0.3) is 0 Å². The molecule has 2 aromatic heterocycles. The Bertz CT molecular complexity index is 3010. The molecule has 0 spiro atoms. The van der Waals surface area contributed by atoms with E-state index in [0.29, 0.717) is 0 Å². The highest BCUT2D eigenvalue weighted by Gasteiger charge is 2.21. The van der Waals surface area contributed by atoms with E-state index in [4.69, 9.17) is 8.83 Å². The molecule has 11 rings (SSSR count). The molecule has 46 heavy (non-hydrogen) atoms. The van der Waals surface area contributed by atoms with Crippen LogP contribution in [0.2, 0.25) is 0 Å². The van der Waals surface area contributed by atoms with E-state index in [1.807, 2.05) is 12.1 Å². The maximum absolute atomic E-state index is 6.98. The Hall–Kier alpha value is -6.12. The van der Waals surface area contributed by atoms with Crippen molar-refractivity contribution < 1.29 is 8.83 Å². The Morgan fingerprint density at radius 2 is 0.935 bits per heavy atom. The summed E-state index contributed by atoms with van der Waals surface area (Å²) in [5.74, 6) is 0. The zero-order chi connectivity index (χ0) is 29.9. The lowest BCUT2D eigenvalue weighted by molar-refractivity contribution is 0.669. The van der Waals surface area contributed by atoms with Crippen molar-refractivity contribution in [1.29, 1.82) is 0 Å². The third-order valence-corrected chi connectivity index (χ3v) is 10.0. The van der Waals surface area contributed by atoms with Gasteiger partial charge in [-0.3, -0.25) is 0 Å². The minimum Gasteiger partial charge on any atom is -0.456 e. The number of benzene rings is 9. The number of hydrogen-bond donors (Lipinski definition) is 0. The molecule has 0 bridgehead atoms. The maximum Gasteiger partial charge on any atom is 0.143 e. The predicted molar refractivity (Wildman–Crippen MR) is 193 cm³/mol. The second-order valence-corrected chi connectivity index (χ2v) is 12.4. The standard InChI is InChI=1S/C44H24O2/c1-2-9-30-25(6-1)14-21-37-42-36(32-18-15-28-13-12-26-7-5-8-27-16-20-35(32)41(28)40(26)27)23-22-31(44(42)46-43(30)37)29-17-19-34-33-10-3-4-11-38(33)45-39(34)24-29/h1-24H. The SMILES string of the molecule is c1ccc2c(c1)ccc1c2oc2c(-c3ccc4c(c3)oc3ccccc34)ccc(-c3ccc4ccc5cccc6ccc3c4c56)c21. The second kappa shape index (κ2) is 8.74. The molecular formula is C44H24O2. The topological polar surface area (TPSA) is 26.3 Å². The zero-order valence-corrected chi connectivity index (χ0v) is 24.7. The van der Waals surface area contributed by atoms with Crippen molar-refractivity contribution in [1.82, 2.24) is 0 Å².